The number of aromatic nitrogens is 3. The van der Waals surface area contributed by atoms with E-state index in [-0.39, 0.29) is 6.04 Å². The molecule has 1 unspecified atom stereocenters. The van der Waals surface area contributed by atoms with Crippen LogP contribution in [-0.4, -0.2) is 21.8 Å². The van der Waals surface area contributed by atoms with Crippen molar-refractivity contribution < 1.29 is 0 Å². The van der Waals surface area contributed by atoms with Crippen LogP contribution in [0, 0.1) is 0 Å². The van der Waals surface area contributed by atoms with E-state index < -0.39 is 0 Å². The second kappa shape index (κ2) is 5.42. The van der Waals surface area contributed by atoms with Crippen LogP contribution in [0.1, 0.15) is 24.4 Å². The summed E-state index contributed by atoms with van der Waals surface area (Å²) in [6.45, 7) is 2.94. The fourth-order valence-corrected chi connectivity index (χ4v) is 2.09. The Bertz CT molecular complexity index is 478. The second-order valence-corrected chi connectivity index (χ2v) is 4.61. The Hall–Kier alpha value is -1.20. The molecule has 2 aromatic heterocycles. The van der Waals surface area contributed by atoms with Gasteiger partial charge in [0, 0.05) is 23.4 Å². The second-order valence-electron chi connectivity index (χ2n) is 3.69. The molecule has 2 heterocycles. The Kier molecular flexibility index (Phi) is 3.91. The van der Waals surface area contributed by atoms with Crippen molar-refractivity contribution in [1.29, 1.82) is 0 Å². The largest absolute Gasteiger partial charge is 0.307 e. The predicted octanol–water partition coefficient (Wildman–Crippen LogP) is 2.37. The van der Waals surface area contributed by atoms with Crippen molar-refractivity contribution >= 4 is 15.9 Å². The van der Waals surface area contributed by atoms with Crippen LogP contribution < -0.4 is 5.32 Å². The minimum absolute atomic E-state index is 0.0746. The zero-order valence-corrected chi connectivity index (χ0v) is 11.5. The molecular weight excluding hydrogens is 280 g/mol. The number of nitrogens with zero attached hydrogens (tertiary/aromatic N) is 3. The molecule has 0 radical (unpaired) electrons. The third-order valence-electron chi connectivity index (χ3n) is 2.68. The number of halogens is 1. The normalized spacial score (nSPS) is 12.6. The van der Waals surface area contributed by atoms with Crippen molar-refractivity contribution in [3.05, 3.63) is 46.5 Å². The Morgan fingerprint density at radius 2 is 2.24 bits per heavy atom. The highest BCUT2D eigenvalue weighted by Crippen LogP contribution is 2.20. The number of aryl methyl sites for hydroxylation is 1. The van der Waals surface area contributed by atoms with Crippen molar-refractivity contribution in [3.63, 3.8) is 0 Å². The fraction of sp³-hybridized carbons (Fsp3) is 0.333. The highest BCUT2D eigenvalue weighted by atomic mass is 79.9. The van der Waals surface area contributed by atoms with Crippen molar-refractivity contribution in [2.75, 3.05) is 7.05 Å². The van der Waals surface area contributed by atoms with Gasteiger partial charge in [-0.05, 0) is 48.1 Å². The Labute approximate surface area is 109 Å². The highest BCUT2D eigenvalue weighted by molar-refractivity contribution is 9.10. The van der Waals surface area contributed by atoms with Gasteiger partial charge in [-0.15, -0.1) is 0 Å². The van der Waals surface area contributed by atoms with Gasteiger partial charge in [0.2, 0.25) is 0 Å². The van der Waals surface area contributed by atoms with Crippen LogP contribution in [-0.2, 0) is 6.54 Å². The van der Waals surface area contributed by atoms with Gasteiger partial charge in [-0.3, -0.25) is 9.67 Å². The topological polar surface area (TPSA) is 42.7 Å². The van der Waals surface area contributed by atoms with Crippen LogP contribution in [0.4, 0.5) is 0 Å². The van der Waals surface area contributed by atoms with Gasteiger partial charge in [-0.1, -0.05) is 0 Å². The Morgan fingerprint density at radius 3 is 2.82 bits per heavy atom. The number of rotatable bonds is 4. The minimum atomic E-state index is 0.0746. The molecule has 0 spiro atoms. The van der Waals surface area contributed by atoms with E-state index in [9.17, 15) is 0 Å². The van der Waals surface area contributed by atoms with Crippen molar-refractivity contribution in [2.45, 2.75) is 19.5 Å². The molecule has 0 saturated heterocycles. The van der Waals surface area contributed by atoms with Crippen LogP contribution in [0.3, 0.4) is 0 Å². The summed E-state index contributed by atoms with van der Waals surface area (Å²) >= 11 is 3.39. The molecular formula is C12H15BrN4. The van der Waals surface area contributed by atoms with Crippen molar-refractivity contribution in [3.8, 4) is 0 Å². The molecule has 0 aromatic carbocycles. The van der Waals surface area contributed by atoms with Gasteiger partial charge in [0.15, 0.2) is 0 Å². The third-order valence-corrected chi connectivity index (χ3v) is 3.15. The molecule has 1 atom stereocenters. The lowest BCUT2D eigenvalue weighted by Crippen LogP contribution is -2.22. The van der Waals surface area contributed by atoms with Crippen LogP contribution >= 0.6 is 15.9 Å². The van der Waals surface area contributed by atoms with E-state index in [1.54, 1.807) is 0 Å². The van der Waals surface area contributed by atoms with Crippen LogP contribution in [0.15, 0.2) is 35.1 Å². The molecule has 2 rings (SSSR count). The molecule has 0 amide bonds. The summed E-state index contributed by atoms with van der Waals surface area (Å²) in [5.41, 5.74) is 2.12. The molecule has 17 heavy (non-hydrogen) atoms. The van der Waals surface area contributed by atoms with Gasteiger partial charge in [-0.25, -0.2) is 0 Å². The molecule has 0 fully saturated rings. The summed E-state index contributed by atoms with van der Waals surface area (Å²) in [5, 5.41) is 7.56. The first-order valence-electron chi connectivity index (χ1n) is 5.56. The first-order valence-corrected chi connectivity index (χ1v) is 6.36. The highest BCUT2D eigenvalue weighted by Gasteiger charge is 2.16. The SMILES string of the molecule is CCn1nccc1C(NC)c1ccc(Br)cn1. The Morgan fingerprint density at radius 1 is 1.41 bits per heavy atom. The van der Waals surface area contributed by atoms with Gasteiger partial charge in [-0.2, -0.15) is 5.10 Å². The van der Waals surface area contributed by atoms with Crippen LogP contribution in [0.2, 0.25) is 0 Å². The average molecular weight is 295 g/mol. The quantitative estimate of drug-likeness (QED) is 0.941. The fourth-order valence-electron chi connectivity index (χ4n) is 1.86. The van der Waals surface area contributed by atoms with E-state index in [4.69, 9.17) is 0 Å². The number of hydrogen-bond acceptors (Lipinski definition) is 3. The lowest BCUT2D eigenvalue weighted by atomic mass is 10.1. The lowest BCUT2D eigenvalue weighted by Gasteiger charge is -2.17. The summed E-state index contributed by atoms with van der Waals surface area (Å²) in [4.78, 5) is 4.43. The maximum absolute atomic E-state index is 4.43. The third kappa shape index (κ3) is 2.56. The monoisotopic (exact) mass is 294 g/mol. The zero-order chi connectivity index (χ0) is 12.3. The first kappa shape index (κ1) is 12.3. The molecule has 0 saturated carbocycles. The summed E-state index contributed by atoms with van der Waals surface area (Å²) in [7, 11) is 1.93. The standard InChI is InChI=1S/C12H15BrN4/c1-3-17-11(6-7-16-17)12(14-2)10-5-4-9(13)8-15-10/h4-8,12,14H,3H2,1-2H3. The molecule has 5 heteroatoms. The van der Waals surface area contributed by atoms with Crippen molar-refractivity contribution in [2.24, 2.45) is 0 Å². The van der Waals surface area contributed by atoms with Gasteiger partial charge < -0.3 is 5.32 Å². The molecule has 2 aromatic rings. The van der Waals surface area contributed by atoms with Crippen molar-refractivity contribution in [1.82, 2.24) is 20.1 Å². The van der Waals surface area contributed by atoms with E-state index >= 15 is 0 Å². The molecule has 0 aliphatic carbocycles. The predicted molar refractivity (Wildman–Crippen MR) is 70.7 cm³/mol. The van der Waals surface area contributed by atoms with E-state index in [0.717, 1.165) is 22.4 Å². The average Bonchev–Trinajstić information content (AvgIpc) is 2.81. The smallest absolute Gasteiger partial charge is 0.0919 e. The number of pyridine rings is 1. The lowest BCUT2D eigenvalue weighted by molar-refractivity contribution is 0.556. The van der Waals surface area contributed by atoms with E-state index in [1.807, 2.05) is 42.3 Å². The summed E-state index contributed by atoms with van der Waals surface area (Å²) < 4.78 is 2.96. The van der Waals surface area contributed by atoms with Crippen LogP contribution in [0.5, 0.6) is 0 Å². The molecule has 0 bridgehead atoms. The maximum atomic E-state index is 4.43. The molecule has 0 aliphatic rings. The van der Waals surface area contributed by atoms with E-state index in [2.05, 4.69) is 38.3 Å². The summed E-state index contributed by atoms with van der Waals surface area (Å²) in [6.07, 6.45) is 3.63. The van der Waals surface area contributed by atoms with E-state index in [1.165, 1.54) is 0 Å². The number of nitrogens with one attached hydrogen (secondary N) is 1. The van der Waals surface area contributed by atoms with Crippen LogP contribution in [0.25, 0.3) is 0 Å². The van der Waals surface area contributed by atoms with Gasteiger partial charge in [0.05, 0.1) is 17.4 Å². The van der Waals surface area contributed by atoms with Gasteiger partial charge in [0.25, 0.3) is 0 Å². The molecule has 0 aliphatic heterocycles. The molecule has 1 N–H and O–H groups in total. The first-order chi connectivity index (χ1) is 8.26. The van der Waals surface area contributed by atoms with Gasteiger partial charge >= 0.3 is 0 Å². The van der Waals surface area contributed by atoms with Gasteiger partial charge in [0.1, 0.15) is 0 Å². The Balaban J connectivity index is 2.36. The maximum Gasteiger partial charge on any atom is 0.0919 e. The summed E-state index contributed by atoms with van der Waals surface area (Å²) in [6, 6.07) is 6.11. The molecule has 90 valence electrons. The zero-order valence-electron chi connectivity index (χ0n) is 9.89. The minimum Gasteiger partial charge on any atom is -0.307 e. The van der Waals surface area contributed by atoms with E-state index in [0.29, 0.717) is 0 Å². The summed E-state index contributed by atoms with van der Waals surface area (Å²) in [5.74, 6) is 0. The number of hydrogen-bond donors (Lipinski definition) is 1. The molecule has 4 nitrogen and oxygen atoms in total.